The highest BCUT2D eigenvalue weighted by atomic mass is 32.2. The van der Waals surface area contributed by atoms with Crippen molar-refractivity contribution in [2.24, 2.45) is 0 Å². The van der Waals surface area contributed by atoms with Crippen molar-refractivity contribution in [3.05, 3.63) is 35.9 Å². The van der Waals surface area contributed by atoms with Gasteiger partial charge in [0, 0.05) is 7.05 Å². The Morgan fingerprint density at radius 3 is 2.08 bits per heavy atom. The molecule has 0 saturated heterocycles. The molecule has 0 atom stereocenters. The average molecular weight is 402 g/mol. The van der Waals surface area contributed by atoms with Gasteiger partial charge in [0.25, 0.3) is 0 Å². The van der Waals surface area contributed by atoms with Crippen LogP contribution in [0.3, 0.4) is 0 Å². The summed E-state index contributed by atoms with van der Waals surface area (Å²) in [5.74, 6) is -0.0804. The number of anilines is 1. The van der Waals surface area contributed by atoms with E-state index in [0.717, 1.165) is 16.3 Å². The summed E-state index contributed by atoms with van der Waals surface area (Å²) in [6.07, 6.45) is 0. The molecule has 0 radical (unpaired) electrons. The van der Waals surface area contributed by atoms with E-state index in [4.69, 9.17) is 0 Å². The Morgan fingerprint density at radius 1 is 1.00 bits per heavy atom. The summed E-state index contributed by atoms with van der Waals surface area (Å²) in [6.45, 7) is 7.31. The maximum absolute atomic E-state index is 13.0. The van der Waals surface area contributed by atoms with Crippen LogP contribution in [0.4, 0.5) is 5.00 Å². The zero-order valence-corrected chi connectivity index (χ0v) is 17.4. The lowest BCUT2D eigenvalue weighted by Gasteiger charge is -2.21. The van der Waals surface area contributed by atoms with E-state index in [1.165, 1.54) is 12.1 Å². The number of sulfone groups is 2. The molecule has 25 heavy (non-hydrogen) atoms. The summed E-state index contributed by atoms with van der Waals surface area (Å²) in [5, 5.41) is 3.64. The predicted molar refractivity (Wildman–Crippen MR) is 102 cm³/mol. The summed E-state index contributed by atoms with van der Waals surface area (Å²) in [7, 11) is -5.59. The summed E-state index contributed by atoms with van der Waals surface area (Å²) in [6, 6.07) is 7.63. The topological polar surface area (TPSA) is 80.3 Å². The highest BCUT2D eigenvalue weighted by molar-refractivity contribution is 7.93. The van der Waals surface area contributed by atoms with E-state index in [2.05, 4.69) is 5.32 Å². The van der Waals surface area contributed by atoms with Crippen molar-refractivity contribution in [3.8, 4) is 0 Å². The molecule has 0 amide bonds. The minimum atomic E-state index is -3.79. The van der Waals surface area contributed by atoms with Gasteiger partial charge in [-0.15, -0.1) is 11.3 Å². The van der Waals surface area contributed by atoms with E-state index >= 15 is 0 Å². The molecule has 1 heterocycles. The molecule has 1 aromatic heterocycles. The van der Waals surface area contributed by atoms with Gasteiger partial charge in [0.05, 0.1) is 20.5 Å². The van der Waals surface area contributed by atoms with Gasteiger partial charge < -0.3 is 5.32 Å². The largest absolute Gasteiger partial charge is 0.380 e. The second-order valence-electron chi connectivity index (χ2n) is 6.72. The highest BCUT2D eigenvalue weighted by Crippen LogP contribution is 2.34. The summed E-state index contributed by atoms with van der Waals surface area (Å²) in [4.78, 5) is 0.0582. The Balaban J connectivity index is 2.74. The van der Waals surface area contributed by atoms with Crippen molar-refractivity contribution in [1.82, 2.24) is 0 Å². The number of benzene rings is 1. The van der Waals surface area contributed by atoms with E-state index < -0.39 is 19.7 Å². The van der Waals surface area contributed by atoms with Crippen LogP contribution in [-0.4, -0.2) is 29.6 Å². The van der Waals surface area contributed by atoms with E-state index in [1.807, 2.05) is 20.8 Å². The maximum atomic E-state index is 13.0. The SMILES string of the molecule is CCS(=O)(=O)c1cc(C(C)(C)C)cc(S(=O)(=O)c2ccc(NC)s2)c1. The molecule has 8 heteroatoms. The minimum Gasteiger partial charge on any atom is -0.380 e. The molecule has 0 aliphatic rings. The Labute approximate surface area is 153 Å². The van der Waals surface area contributed by atoms with E-state index in [9.17, 15) is 16.8 Å². The molecule has 0 spiro atoms. The Kier molecular flexibility index (Phi) is 5.37. The summed E-state index contributed by atoms with van der Waals surface area (Å²) in [5.41, 5.74) is 0.292. The lowest BCUT2D eigenvalue weighted by Crippen LogP contribution is -2.15. The van der Waals surface area contributed by atoms with Crippen molar-refractivity contribution in [3.63, 3.8) is 0 Å². The monoisotopic (exact) mass is 401 g/mol. The van der Waals surface area contributed by atoms with Crippen molar-refractivity contribution in [2.45, 2.75) is 47.1 Å². The zero-order chi connectivity index (χ0) is 19.0. The fourth-order valence-corrected chi connectivity index (χ4v) is 5.87. The smallest absolute Gasteiger partial charge is 0.216 e. The minimum absolute atomic E-state index is 0.0106. The van der Waals surface area contributed by atoms with Crippen LogP contribution >= 0.6 is 11.3 Å². The van der Waals surface area contributed by atoms with Gasteiger partial charge in [0.2, 0.25) is 9.84 Å². The number of thiophene rings is 1. The van der Waals surface area contributed by atoms with Crippen LogP contribution in [0.2, 0.25) is 0 Å². The van der Waals surface area contributed by atoms with E-state index in [-0.39, 0.29) is 25.2 Å². The molecule has 0 fully saturated rings. The molecule has 0 unspecified atom stereocenters. The second kappa shape index (κ2) is 6.74. The molecule has 138 valence electrons. The van der Waals surface area contributed by atoms with Crippen LogP contribution in [0.1, 0.15) is 33.3 Å². The Hall–Kier alpha value is -1.38. The summed E-state index contributed by atoms with van der Waals surface area (Å²) >= 11 is 1.12. The first-order valence-electron chi connectivity index (χ1n) is 7.83. The first-order valence-corrected chi connectivity index (χ1v) is 11.8. The van der Waals surface area contributed by atoms with Crippen LogP contribution in [0, 0.1) is 0 Å². The maximum Gasteiger partial charge on any atom is 0.216 e. The molecule has 2 aromatic rings. The lowest BCUT2D eigenvalue weighted by atomic mass is 9.87. The lowest BCUT2D eigenvalue weighted by molar-refractivity contribution is 0.578. The fourth-order valence-electron chi connectivity index (χ4n) is 2.22. The van der Waals surface area contributed by atoms with Gasteiger partial charge in [0.15, 0.2) is 9.84 Å². The molecule has 1 aromatic carbocycles. The first-order chi connectivity index (χ1) is 11.4. The van der Waals surface area contributed by atoms with Gasteiger partial charge in [-0.3, -0.25) is 0 Å². The predicted octanol–water partition coefficient (Wildman–Crippen LogP) is 3.71. The van der Waals surface area contributed by atoms with Crippen LogP contribution in [0.5, 0.6) is 0 Å². The number of hydrogen-bond donors (Lipinski definition) is 1. The molecule has 2 rings (SSSR count). The van der Waals surface area contributed by atoms with Gasteiger partial charge in [-0.1, -0.05) is 27.7 Å². The quantitative estimate of drug-likeness (QED) is 0.826. The van der Waals surface area contributed by atoms with E-state index in [1.54, 1.807) is 32.2 Å². The molecule has 0 saturated carbocycles. The molecule has 0 aliphatic carbocycles. The van der Waals surface area contributed by atoms with Gasteiger partial charge in [-0.25, -0.2) is 16.8 Å². The Morgan fingerprint density at radius 2 is 1.60 bits per heavy atom. The van der Waals surface area contributed by atoms with Crippen molar-refractivity contribution >= 4 is 36.0 Å². The van der Waals surface area contributed by atoms with Gasteiger partial charge in [0.1, 0.15) is 4.21 Å². The molecular formula is C17H23NO4S3. The number of rotatable bonds is 5. The van der Waals surface area contributed by atoms with Crippen LogP contribution in [0.25, 0.3) is 0 Å². The third-order valence-electron chi connectivity index (χ3n) is 3.89. The van der Waals surface area contributed by atoms with Crippen molar-refractivity contribution in [1.29, 1.82) is 0 Å². The van der Waals surface area contributed by atoms with Gasteiger partial charge >= 0.3 is 0 Å². The zero-order valence-electron chi connectivity index (χ0n) is 15.0. The van der Waals surface area contributed by atoms with Crippen LogP contribution in [-0.2, 0) is 25.1 Å². The third kappa shape index (κ3) is 4.07. The molecular weight excluding hydrogens is 378 g/mol. The fraction of sp³-hybridized carbons (Fsp3) is 0.412. The molecule has 0 bridgehead atoms. The average Bonchev–Trinajstić information content (AvgIpc) is 3.03. The molecule has 1 N–H and O–H groups in total. The molecule has 5 nitrogen and oxygen atoms in total. The van der Waals surface area contributed by atoms with Crippen LogP contribution in [0.15, 0.2) is 44.3 Å². The van der Waals surface area contributed by atoms with Crippen molar-refractivity contribution < 1.29 is 16.8 Å². The van der Waals surface area contributed by atoms with Gasteiger partial charge in [-0.2, -0.15) is 0 Å². The highest BCUT2D eigenvalue weighted by Gasteiger charge is 2.26. The third-order valence-corrected chi connectivity index (χ3v) is 8.93. The normalized spacial score (nSPS) is 13.0. The molecule has 0 aliphatic heterocycles. The number of hydrogen-bond acceptors (Lipinski definition) is 6. The van der Waals surface area contributed by atoms with Crippen molar-refractivity contribution in [2.75, 3.05) is 18.1 Å². The summed E-state index contributed by atoms with van der Waals surface area (Å²) < 4.78 is 50.9. The van der Waals surface area contributed by atoms with Crippen LogP contribution < -0.4 is 5.32 Å². The number of nitrogens with one attached hydrogen (secondary N) is 1. The Bertz CT molecular complexity index is 981. The van der Waals surface area contributed by atoms with Gasteiger partial charge in [-0.05, 0) is 41.3 Å². The first kappa shape index (κ1) is 19.9. The second-order valence-corrected chi connectivity index (χ2v) is 12.3. The standard InChI is InChI=1S/C17H23NO4S3/c1-6-24(19,20)13-9-12(17(2,3)4)10-14(11-13)25(21,22)16-8-7-15(18-5)23-16/h7-11,18H,6H2,1-5H3. The van der Waals surface area contributed by atoms with E-state index in [0.29, 0.717) is 5.56 Å².